The van der Waals surface area contributed by atoms with Crippen molar-refractivity contribution in [1.29, 1.82) is 0 Å². The van der Waals surface area contributed by atoms with Gasteiger partial charge in [0.15, 0.2) is 17.3 Å². The topological polar surface area (TPSA) is 59.0 Å². The molecule has 0 saturated carbocycles. The zero-order chi connectivity index (χ0) is 19.3. The quantitative estimate of drug-likeness (QED) is 0.743. The number of benzene rings is 1. The van der Waals surface area contributed by atoms with Crippen LogP contribution in [0.2, 0.25) is 0 Å². The second-order valence-electron chi connectivity index (χ2n) is 6.53. The number of alkyl halides is 3. The number of ether oxygens (including phenoxy) is 2. The Morgan fingerprint density at radius 2 is 2.12 bits per heavy atom. The highest BCUT2D eigenvalue weighted by Crippen LogP contribution is 2.33. The van der Waals surface area contributed by atoms with Gasteiger partial charge in [-0.25, -0.2) is 0 Å². The molecule has 146 valence electrons. The minimum absolute atomic E-state index is 0.0804. The van der Waals surface area contributed by atoms with Crippen molar-refractivity contribution >= 4 is 5.78 Å². The van der Waals surface area contributed by atoms with E-state index in [1.807, 2.05) is 0 Å². The zero-order valence-corrected chi connectivity index (χ0v) is 14.9. The Morgan fingerprint density at radius 1 is 1.38 bits per heavy atom. The van der Waals surface area contributed by atoms with Gasteiger partial charge in [0.05, 0.1) is 13.0 Å². The third-order valence-electron chi connectivity index (χ3n) is 4.44. The van der Waals surface area contributed by atoms with Gasteiger partial charge in [-0.15, -0.1) is 0 Å². The van der Waals surface area contributed by atoms with Gasteiger partial charge in [0.2, 0.25) is 0 Å². The summed E-state index contributed by atoms with van der Waals surface area (Å²) in [7, 11) is 1.44. The molecular formula is C18H24F3NO4. The van der Waals surface area contributed by atoms with E-state index >= 15 is 0 Å². The Bertz CT molecular complexity index is 621. The Morgan fingerprint density at radius 3 is 2.73 bits per heavy atom. The standard InChI is InChI=1S/C18H24F3NO4/c1-12(23)13-5-6-16(17(8-13)25-2)26-11-15(24)10-22-7-3-4-14(9-22)18(19,20)21/h5-6,8,14-15,24H,3-4,7,9-11H2,1-2H3/t14-,15+/m0/s1. The molecule has 0 aliphatic carbocycles. The van der Waals surface area contributed by atoms with E-state index in [1.165, 1.54) is 14.0 Å². The number of rotatable bonds is 7. The third-order valence-corrected chi connectivity index (χ3v) is 4.44. The van der Waals surface area contributed by atoms with Gasteiger partial charge in [0.25, 0.3) is 0 Å². The second kappa shape index (κ2) is 8.73. The molecule has 0 unspecified atom stereocenters. The molecule has 1 aromatic rings. The van der Waals surface area contributed by atoms with Gasteiger partial charge in [0, 0.05) is 18.7 Å². The number of β-amino-alcohol motifs (C(OH)–C–C–N with tert-alkyl or cyclic N) is 1. The van der Waals surface area contributed by atoms with Crippen molar-refractivity contribution in [2.75, 3.05) is 33.4 Å². The molecule has 1 aliphatic rings. The number of hydrogen-bond acceptors (Lipinski definition) is 5. The molecule has 26 heavy (non-hydrogen) atoms. The van der Waals surface area contributed by atoms with Crippen LogP contribution in [-0.4, -0.2) is 61.4 Å². The Balaban J connectivity index is 1.88. The fraction of sp³-hybridized carbons (Fsp3) is 0.611. The highest BCUT2D eigenvalue weighted by molar-refractivity contribution is 5.94. The monoisotopic (exact) mass is 375 g/mol. The number of piperidine rings is 1. The van der Waals surface area contributed by atoms with Crippen LogP contribution in [0.4, 0.5) is 13.2 Å². The molecule has 0 bridgehead atoms. The number of hydrogen-bond donors (Lipinski definition) is 1. The lowest BCUT2D eigenvalue weighted by molar-refractivity contribution is -0.187. The van der Waals surface area contributed by atoms with Crippen LogP contribution in [0.5, 0.6) is 11.5 Å². The van der Waals surface area contributed by atoms with Crippen molar-refractivity contribution in [3.05, 3.63) is 23.8 Å². The van der Waals surface area contributed by atoms with Crippen LogP contribution in [0.25, 0.3) is 0 Å². The third kappa shape index (κ3) is 5.60. The van der Waals surface area contributed by atoms with Crippen LogP contribution < -0.4 is 9.47 Å². The molecule has 0 spiro atoms. The number of likely N-dealkylation sites (tertiary alicyclic amines) is 1. The summed E-state index contributed by atoms with van der Waals surface area (Å²) in [4.78, 5) is 13.0. The van der Waals surface area contributed by atoms with Crippen molar-refractivity contribution in [1.82, 2.24) is 4.90 Å². The average molecular weight is 375 g/mol. The summed E-state index contributed by atoms with van der Waals surface area (Å²) >= 11 is 0. The van der Waals surface area contributed by atoms with Crippen molar-refractivity contribution in [2.24, 2.45) is 5.92 Å². The van der Waals surface area contributed by atoms with E-state index in [1.54, 1.807) is 23.1 Å². The van der Waals surface area contributed by atoms with Crippen LogP contribution in [0.15, 0.2) is 18.2 Å². The lowest BCUT2D eigenvalue weighted by Gasteiger charge is -2.34. The number of halogens is 3. The fourth-order valence-corrected chi connectivity index (χ4v) is 3.03. The number of nitrogens with zero attached hydrogens (tertiary/aromatic N) is 1. The van der Waals surface area contributed by atoms with Gasteiger partial charge in [-0.3, -0.25) is 4.79 Å². The molecule has 5 nitrogen and oxygen atoms in total. The molecule has 1 N–H and O–H groups in total. The van der Waals surface area contributed by atoms with Gasteiger partial charge >= 0.3 is 6.18 Å². The molecule has 0 amide bonds. The van der Waals surface area contributed by atoms with E-state index in [4.69, 9.17) is 9.47 Å². The van der Waals surface area contributed by atoms with E-state index in [0.29, 0.717) is 30.0 Å². The largest absolute Gasteiger partial charge is 0.493 e. The van der Waals surface area contributed by atoms with Crippen molar-refractivity contribution in [3.63, 3.8) is 0 Å². The Hall–Kier alpha value is -1.80. The van der Waals surface area contributed by atoms with Crippen LogP contribution in [-0.2, 0) is 0 Å². The maximum absolute atomic E-state index is 12.8. The summed E-state index contributed by atoms with van der Waals surface area (Å²) in [6, 6.07) is 4.70. The molecule has 1 aromatic carbocycles. The summed E-state index contributed by atoms with van der Waals surface area (Å²) < 4.78 is 49.2. The molecule has 2 rings (SSSR count). The van der Waals surface area contributed by atoms with Gasteiger partial charge < -0.3 is 19.5 Å². The van der Waals surface area contributed by atoms with Crippen molar-refractivity contribution in [2.45, 2.75) is 32.0 Å². The first-order valence-electron chi connectivity index (χ1n) is 8.49. The SMILES string of the molecule is COc1cc(C(C)=O)ccc1OC[C@H](O)CN1CCC[C@H](C(F)(F)F)C1. The van der Waals surface area contributed by atoms with E-state index < -0.39 is 18.2 Å². The maximum Gasteiger partial charge on any atom is 0.393 e. The summed E-state index contributed by atoms with van der Waals surface area (Å²) in [5.41, 5.74) is 0.473. The molecule has 0 radical (unpaired) electrons. The average Bonchev–Trinajstić information content (AvgIpc) is 2.59. The highest BCUT2D eigenvalue weighted by atomic mass is 19.4. The van der Waals surface area contributed by atoms with E-state index in [-0.39, 0.29) is 31.9 Å². The molecular weight excluding hydrogens is 351 g/mol. The van der Waals surface area contributed by atoms with Crippen LogP contribution >= 0.6 is 0 Å². The highest BCUT2D eigenvalue weighted by Gasteiger charge is 2.41. The molecule has 1 saturated heterocycles. The Kier molecular flexibility index (Phi) is 6.88. The minimum Gasteiger partial charge on any atom is -0.493 e. The van der Waals surface area contributed by atoms with Crippen LogP contribution in [0, 0.1) is 5.92 Å². The number of carbonyl (C=O) groups excluding carboxylic acids is 1. The lowest BCUT2D eigenvalue weighted by atomic mass is 9.97. The Labute approximate surface area is 150 Å². The first-order valence-corrected chi connectivity index (χ1v) is 8.49. The first-order chi connectivity index (χ1) is 12.2. The lowest BCUT2D eigenvalue weighted by Crippen LogP contribution is -2.45. The zero-order valence-electron chi connectivity index (χ0n) is 14.9. The number of carbonyl (C=O) groups is 1. The molecule has 1 fully saturated rings. The van der Waals surface area contributed by atoms with E-state index in [9.17, 15) is 23.1 Å². The first kappa shape index (κ1) is 20.5. The van der Waals surface area contributed by atoms with Gasteiger partial charge in [-0.05, 0) is 44.5 Å². The number of aliphatic hydroxyl groups is 1. The van der Waals surface area contributed by atoms with Crippen LogP contribution in [0.1, 0.15) is 30.1 Å². The van der Waals surface area contributed by atoms with Crippen LogP contribution in [0.3, 0.4) is 0 Å². The summed E-state index contributed by atoms with van der Waals surface area (Å²) in [6.07, 6.45) is -4.55. The summed E-state index contributed by atoms with van der Waals surface area (Å²) in [5, 5.41) is 10.1. The minimum atomic E-state index is -4.20. The number of Topliss-reactive ketones (excluding diaryl/α,β-unsaturated/α-hetero) is 1. The second-order valence-corrected chi connectivity index (χ2v) is 6.53. The van der Waals surface area contributed by atoms with Gasteiger partial charge in [-0.2, -0.15) is 13.2 Å². The normalized spacial score (nSPS) is 19.8. The summed E-state index contributed by atoms with van der Waals surface area (Å²) in [5.74, 6) is -0.730. The maximum atomic E-state index is 12.8. The number of methoxy groups -OCH3 is 1. The van der Waals surface area contributed by atoms with Crippen molar-refractivity contribution in [3.8, 4) is 11.5 Å². The predicted molar refractivity (Wildman–Crippen MR) is 89.7 cm³/mol. The fourth-order valence-electron chi connectivity index (χ4n) is 3.03. The molecule has 2 atom stereocenters. The van der Waals surface area contributed by atoms with E-state index in [0.717, 1.165) is 0 Å². The predicted octanol–water partition coefficient (Wildman–Crippen LogP) is 2.91. The summed E-state index contributed by atoms with van der Waals surface area (Å²) in [6.45, 7) is 1.90. The number of aliphatic hydroxyl groups excluding tert-OH is 1. The van der Waals surface area contributed by atoms with Crippen molar-refractivity contribution < 1.29 is 32.5 Å². The number of ketones is 1. The van der Waals surface area contributed by atoms with E-state index in [2.05, 4.69) is 0 Å². The molecule has 1 aliphatic heterocycles. The molecule has 0 aromatic heterocycles. The smallest absolute Gasteiger partial charge is 0.393 e. The molecule has 1 heterocycles. The van der Waals surface area contributed by atoms with Gasteiger partial charge in [0.1, 0.15) is 12.7 Å². The van der Waals surface area contributed by atoms with Gasteiger partial charge in [-0.1, -0.05) is 0 Å². The molecule has 8 heteroatoms.